The van der Waals surface area contributed by atoms with Crippen LogP contribution in [0, 0.1) is 17.2 Å². The topological polar surface area (TPSA) is 56.1 Å². The van der Waals surface area contributed by atoms with Gasteiger partial charge in [-0.2, -0.15) is 5.26 Å². The fraction of sp³-hybridized carbons (Fsp3) is 0.529. The first-order valence-electron chi connectivity index (χ1n) is 7.67. The first-order valence-corrected chi connectivity index (χ1v) is 7.67. The fourth-order valence-electron chi connectivity index (χ4n) is 2.90. The summed E-state index contributed by atoms with van der Waals surface area (Å²) in [5.74, 6) is 0.518. The van der Waals surface area contributed by atoms with Crippen molar-refractivity contribution in [2.24, 2.45) is 5.92 Å². The first kappa shape index (κ1) is 15.5. The summed E-state index contributed by atoms with van der Waals surface area (Å²) < 4.78 is 0. The molecule has 0 spiro atoms. The molecule has 4 heteroatoms. The van der Waals surface area contributed by atoms with Gasteiger partial charge in [0.1, 0.15) is 0 Å². The van der Waals surface area contributed by atoms with Gasteiger partial charge in [0.05, 0.1) is 17.7 Å². The molecule has 0 radical (unpaired) electrons. The normalized spacial score (nSPS) is 21.6. The van der Waals surface area contributed by atoms with Gasteiger partial charge in [0, 0.05) is 13.1 Å². The molecule has 2 rings (SSSR count). The quantitative estimate of drug-likeness (QED) is 0.923. The molecule has 1 aliphatic rings. The van der Waals surface area contributed by atoms with Crippen LogP contribution < -0.4 is 5.32 Å². The summed E-state index contributed by atoms with van der Waals surface area (Å²) in [6.07, 6.45) is 2.23. The number of hydrogen-bond donors (Lipinski definition) is 1. The van der Waals surface area contributed by atoms with Crippen LogP contribution in [0.1, 0.15) is 37.8 Å². The van der Waals surface area contributed by atoms with Crippen molar-refractivity contribution in [2.75, 3.05) is 13.1 Å². The number of nitriles is 1. The highest BCUT2D eigenvalue weighted by Gasteiger charge is 2.30. The van der Waals surface area contributed by atoms with Gasteiger partial charge in [0.2, 0.25) is 5.91 Å². The number of amides is 1. The van der Waals surface area contributed by atoms with Gasteiger partial charge in [-0.1, -0.05) is 25.1 Å². The monoisotopic (exact) mass is 285 g/mol. The van der Waals surface area contributed by atoms with Crippen molar-refractivity contribution >= 4 is 5.91 Å². The predicted molar refractivity (Wildman–Crippen MR) is 82.4 cm³/mol. The van der Waals surface area contributed by atoms with E-state index in [0.29, 0.717) is 24.6 Å². The average molecular weight is 285 g/mol. The van der Waals surface area contributed by atoms with Crippen LogP contribution in [0.15, 0.2) is 24.3 Å². The fourth-order valence-corrected chi connectivity index (χ4v) is 2.90. The highest BCUT2D eigenvalue weighted by molar-refractivity contribution is 5.82. The summed E-state index contributed by atoms with van der Waals surface area (Å²) in [5.41, 5.74) is 1.56. The number of benzene rings is 1. The molecule has 1 saturated heterocycles. The Labute approximate surface area is 126 Å². The van der Waals surface area contributed by atoms with Gasteiger partial charge in [-0.15, -0.1) is 0 Å². The van der Waals surface area contributed by atoms with Gasteiger partial charge >= 0.3 is 0 Å². The molecule has 1 fully saturated rings. The maximum Gasteiger partial charge on any atom is 0.240 e. The van der Waals surface area contributed by atoms with Crippen molar-refractivity contribution < 1.29 is 4.79 Å². The summed E-state index contributed by atoms with van der Waals surface area (Å²) in [6, 6.07) is 9.60. The van der Waals surface area contributed by atoms with E-state index >= 15 is 0 Å². The first-order chi connectivity index (χ1) is 10.2. The third-order valence-electron chi connectivity index (χ3n) is 4.23. The molecule has 2 atom stereocenters. The van der Waals surface area contributed by atoms with Crippen LogP contribution >= 0.6 is 0 Å². The Bertz CT molecular complexity index is 535. The summed E-state index contributed by atoms with van der Waals surface area (Å²) in [7, 11) is 0. The van der Waals surface area contributed by atoms with E-state index in [1.54, 1.807) is 6.07 Å². The number of rotatable bonds is 4. The molecule has 1 aromatic rings. The third kappa shape index (κ3) is 3.62. The predicted octanol–water partition coefficient (Wildman–Crippen LogP) is 2.29. The average Bonchev–Trinajstić information content (AvgIpc) is 2.52. The Kier molecular flexibility index (Phi) is 5.35. The summed E-state index contributed by atoms with van der Waals surface area (Å²) in [4.78, 5) is 14.6. The number of piperidine rings is 1. The van der Waals surface area contributed by atoms with Gasteiger partial charge < -0.3 is 10.2 Å². The second-order valence-electron chi connectivity index (χ2n) is 5.67. The van der Waals surface area contributed by atoms with Gasteiger partial charge in [-0.25, -0.2) is 0 Å². The highest BCUT2D eigenvalue weighted by Crippen LogP contribution is 2.19. The minimum absolute atomic E-state index is 0.0899. The van der Waals surface area contributed by atoms with E-state index in [1.807, 2.05) is 30.0 Å². The van der Waals surface area contributed by atoms with E-state index in [4.69, 9.17) is 5.26 Å². The largest absolute Gasteiger partial charge is 0.337 e. The molecule has 21 heavy (non-hydrogen) atoms. The smallest absolute Gasteiger partial charge is 0.240 e. The van der Waals surface area contributed by atoms with Crippen molar-refractivity contribution in [1.29, 1.82) is 5.26 Å². The van der Waals surface area contributed by atoms with Crippen LogP contribution in [-0.4, -0.2) is 29.9 Å². The molecule has 0 aromatic heterocycles. The minimum Gasteiger partial charge on any atom is -0.337 e. The zero-order valence-electron chi connectivity index (χ0n) is 12.8. The van der Waals surface area contributed by atoms with Crippen molar-refractivity contribution in [2.45, 2.75) is 39.3 Å². The molecule has 2 unspecified atom stereocenters. The number of nitrogens with one attached hydrogen (secondary N) is 1. The molecule has 4 nitrogen and oxygen atoms in total. The lowest BCUT2D eigenvalue weighted by molar-refractivity contribution is -0.135. The molecule has 1 aliphatic heterocycles. The van der Waals surface area contributed by atoms with E-state index < -0.39 is 0 Å². The number of carbonyl (C=O) groups is 1. The van der Waals surface area contributed by atoms with E-state index in [-0.39, 0.29) is 11.9 Å². The van der Waals surface area contributed by atoms with Crippen molar-refractivity contribution in [3.63, 3.8) is 0 Å². The Balaban J connectivity index is 2.12. The van der Waals surface area contributed by atoms with Gasteiger partial charge in [0.25, 0.3) is 0 Å². The van der Waals surface area contributed by atoms with Gasteiger partial charge in [-0.3, -0.25) is 4.79 Å². The maximum absolute atomic E-state index is 12.7. The Morgan fingerprint density at radius 2 is 2.24 bits per heavy atom. The van der Waals surface area contributed by atoms with Crippen LogP contribution in [0.2, 0.25) is 0 Å². The van der Waals surface area contributed by atoms with E-state index in [0.717, 1.165) is 24.9 Å². The maximum atomic E-state index is 12.7. The Hall–Kier alpha value is -1.86. The number of likely N-dealkylation sites (N-methyl/N-ethyl adjacent to an activating group) is 1. The molecular formula is C17H23N3O. The lowest BCUT2D eigenvalue weighted by Crippen LogP contribution is -2.52. The molecule has 112 valence electrons. The number of carbonyl (C=O) groups excluding carboxylic acids is 1. The second kappa shape index (κ2) is 7.24. The minimum atomic E-state index is -0.0899. The second-order valence-corrected chi connectivity index (χ2v) is 5.67. The molecule has 0 aliphatic carbocycles. The zero-order chi connectivity index (χ0) is 15.2. The SMILES string of the molecule is CCN(Cc1ccccc1C#N)C(=O)C1NCCCC1C. The van der Waals surface area contributed by atoms with E-state index in [2.05, 4.69) is 18.3 Å². The molecule has 1 aromatic carbocycles. The van der Waals surface area contributed by atoms with Gasteiger partial charge in [-0.05, 0) is 43.9 Å². The Morgan fingerprint density at radius 1 is 1.48 bits per heavy atom. The molecular weight excluding hydrogens is 262 g/mol. The lowest BCUT2D eigenvalue weighted by Gasteiger charge is -2.33. The molecule has 1 heterocycles. The van der Waals surface area contributed by atoms with Crippen molar-refractivity contribution in [1.82, 2.24) is 10.2 Å². The molecule has 0 bridgehead atoms. The van der Waals surface area contributed by atoms with Crippen LogP contribution in [-0.2, 0) is 11.3 Å². The molecule has 0 saturated carbocycles. The standard InChI is InChI=1S/C17H23N3O/c1-3-20(12-15-9-5-4-8-14(15)11-18)17(21)16-13(2)7-6-10-19-16/h4-5,8-9,13,16,19H,3,6-7,10,12H2,1-2H3. The lowest BCUT2D eigenvalue weighted by atomic mass is 9.91. The summed E-state index contributed by atoms with van der Waals surface area (Å²) >= 11 is 0. The summed E-state index contributed by atoms with van der Waals surface area (Å²) in [6.45, 7) is 6.19. The third-order valence-corrected chi connectivity index (χ3v) is 4.23. The van der Waals surface area contributed by atoms with Crippen molar-refractivity contribution in [3.05, 3.63) is 35.4 Å². The highest BCUT2D eigenvalue weighted by atomic mass is 16.2. The van der Waals surface area contributed by atoms with Gasteiger partial charge in [0.15, 0.2) is 0 Å². The van der Waals surface area contributed by atoms with Crippen LogP contribution in [0.3, 0.4) is 0 Å². The zero-order valence-corrected chi connectivity index (χ0v) is 12.8. The molecule has 1 amide bonds. The van der Waals surface area contributed by atoms with E-state index in [1.165, 1.54) is 0 Å². The van der Waals surface area contributed by atoms with Crippen LogP contribution in [0.25, 0.3) is 0 Å². The van der Waals surface area contributed by atoms with E-state index in [9.17, 15) is 4.79 Å². The molecule has 1 N–H and O–H groups in total. The van der Waals surface area contributed by atoms with Crippen LogP contribution in [0.4, 0.5) is 0 Å². The summed E-state index contributed by atoms with van der Waals surface area (Å²) in [5, 5.41) is 12.5. The van der Waals surface area contributed by atoms with Crippen LogP contribution in [0.5, 0.6) is 0 Å². The van der Waals surface area contributed by atoms with Crippen molar-refractivity contribution in [3.8, 4) is 6.07 Å². The Morgan fingerprint density at radius 3 is 2.90 bits per heavy atom. The number of nitrogens with zero attached hydrogens (tertiary/aromatic N) is 2. The number of hydrogen-bond acceptors (Lipinski definition) is 3.